The molecule has 0 bridgehead atoms. The van der Waals surface area contributed by atoms with Crippen molar-refractivity contribution in [2.45, 2.75) is 39.3 Å². The van der Waals surface area contributed by atoms with Crippen molar-refractivity contribution in [3.8, 4) is 5.75 Å². The van der Waals surface area contributed by atoms with Crippen molar-refractivity contribution in [1.29, 1.82) is 0 Å². The summed E-state index contributed by atoms with van der Waals surface area (Å²) in [6.07, 6.45) is 1.10. The van der Waals surface area contributed by atoms with Crippen molar-refractivity contribution < 1.29 is 18.3 Å². The lowest BCUT2D eigenvalue weighted by atomic mass is 9.99. The molecule has 0 aliphatic carbocycles. The molecule has 1 heterocycles. The molecule has 28 heavy (non-hydrogen) atoms. The number of carbonyl (C=O) groups excluding carboxylic acids is 1. The molecule has 3 aromatic rings. The van der Waals surface area contributed by atoms with Crippen molar-refractivity contribution in [1.82, 2.24) is 5.32 Å². The highest BCUT2D eigenvalue weighted by Crippen LogP contribution is 2.22. The second-order valence-electron chi connectivity index (χ2n) is 6.74. The molecule has 0 spiro atoms. The molecule has 5 heteroatoms. The maximum Gasteiger partial charge on any atom is 0.287 e. The molecule has 0 saturated heterocycles. The minimum atomic E-state index is -0.325. The summed E-state index contributed by atoms with van der Waals surface area (Å²) in [4.78, 5) is 12.2. The Morgan fingerprint density at radius 1 is 1.07 bits per heavy atom. The molecular weight excluding hydrogens is 357 g/mol. The zero-order chi connectivity index (χ0) is 19.9. The predicted octanol–water partition coefficient (Wildman–Crippen LogP) is 5.44. The Hall–Kier alpha value is -3.08. The van der Waals surface area contributed by atoms with Gasteiger partial charge < -0.3 is 14.5 Å². The minimum absolute atomic E-state index is 0.216. The van der Waals surface area contributed by atoms with Gasteiger partial charge in [0.15, 0.2) is 5.76 Å². The maximum absolute atomic E-state index is 12.9. The third kappa shape index (κ3) is 5.22. The van der Waals surface area contributed by atoms with Gasteiger partial charge in [-0.25, -0.2) is 4.39 Å². The first-order valence-electron chi connectivity index (χ1n) is 9.39. The predicted molar refractivity (Wildman–Crippen MR) is 106 cm³/mol. The van der Waals surface area contributed by atoms with Crippen LogP contribution in [0.3, 0.4) is 0 Å². The molecule has 0 fully saturated rings. The molecule has 0 aliphatic rings. The summed E-state index contributed by atoms with van der Waals surface area (Å²) in [7, 11) is 0. The van der Waals surface area contributed by atoms with E-state index in [1.807, 2.05) is 12.1 Å². The van der Waals surface area contributed by atoms with Crippen molar-refractivity contribution in [3.63, 3.8) is 0 Å². The Bertz CT molecular complexity index is 900. The molecule has 3 rings (SSSR count). The topological polar surface area (TPSA) is 51.5 Å². The monoisotopic (exact) mass is 381 g/mol. The molecule has 1 N–H and O–H groups in total. The smallest absolute Gasteiger partial charge is 0.287 e. The van der Waals surface area contributed by atoms with Gasteiger partial charge in [0.05, 0.1) is 0 Å². The fraction of sp³-hybridized carbons (Fsp3) is 0.261. The highest BCUT2D eigenvalue weighted by molar-refractivity contribution is 5.91. The van der Waals surface area contributed by atoms with Gasteiger partial charge >= 0.3 is 0 Å². The first kappa shape index (κ1) is 19.7. The van der Waals surface area contributed by atoms with Crippen LogP contribution in [-0.2, 0) is 13.2 Å². The second kappa shape index (κ2) is 9.22. The number of carbonyl (C=O) groups is 1. The minimum Gasteiger partial charge on any atom is -0.486 e. The molecule has 1 unspecified atom stereocenters. The van der Waals surface area contributed by atoms with Crippen LogP contribution < -0.4 is 10.1 Å². The van der Waals surface area contributed by atoms with E-state index in [0.717, 1.165) is 17.7 Å². The van der Waals surface area contributed by atoms with Crippen LogP contribution in [0.2, 0.25) is 0 Å². The Kier molecular flexibility index (Phi) is 6.48. The lowest BCUT2D eigenvalue weighted by molar-refractivity contribution is 0.0919. The van der Waals surface area contributed by atoms with Crippen LogP contribution >= 0.6 is 0 Å². The quantitative estimate of drug-likeness (QED) is 0.565. The molecule has 1 aromatic heterocycles. The van der Waals surface area contributed by atoms with Crippen LogP contribution in [0.5, 0.6) is 5.75 Å². The van der Waals surface area contributed by atoms with Gasteiger partial charge in [0, 0.05) is 6.54 Å². The maximum atomic E-state index is 12.9. The average Bonchev–Trinajstić information content (AvgIpc) is 3.20. The number of furan rings is 1. The van der Waals surface area contributed by atoms with E-state index >= 15 is 0 Å². The van der Waals surface area contributed by atoms with Crippen LogP contribution in [0, 0.1) is 5.82 Å². The number of halogens is 1. The van der Waals surface area contributed by atoms with Gasteiger partial charge in [0.2, 0.25) is 0 Å². The lowest BCUT2D eigenvalue weighted by Crippen LogP contribution is -2.22. The molecule has 2 aromatic carbocycles. The first-order valence-corrected chi connectivity index (χ1v) is 9.39. The standard InChI is InChI=1S/C23H24FNO3/c1-3-16(2)18-6-10-20(11-7-18)27-15-21-12-13-22(28-21)23(26)25-14-17-4-8-19(24)9-5-17/h4-13,16H,3,14-15H2,1-2H3,(H,25,26). The summed E-state index contributed by atoms with van der Waals surface area (Å²) in [6, 6.07) is 17.3. The Labute approximate surface area is 164 Å². The highest BCUT2D eigenvalue weighted by atomic mass is 19.1. The lowest BCUT2D eigenvalue weighted by Gasteiger charge is -2.10. The summed E-state index contributed by atoms with van der Waals surface area (Å²) in [5.74, 6) is 1.43. The average molecular weight is 381 g/mol. The van der Waals surface area contributed by atoms with Gasteiger partial charge in [0.25, 0.3) is 5.91 Å². The number of ether oxygens (including phenoxy) is 1. The van der Waals surface area contributed by atoms with Crippen molar-refractivity contribution in [3.05, 3.63) is 89.1 Å². The third-order valence-corrected chi connectivity index (χ3v) is 4.69. The number of hydrogen-bond acceptors (Lipinski definition) is 3. The van der Waals surface area contributed by atoms with Gasteiger partial charge in [-0.05, 0) is 59.9 Å². The van der Waals surface area contributed by atoms with Gasteiger partial charge in [0.1, 0.15) is 23.9 Å². The van der Waals surface area contributed by atoms with E-state index < -0.39 is 0 Å². The number of benzene rings is 2. The summed E-state index contributed by atoms with van der Waals surface area (Å²) in [5.41, 5.74) is 2.10. The van der Waals surface area contributed by atoms with Crippen LogP contribution in [0.1, 0.15) is 53.6 Å². The van der Waals surface area contributed by atoms with E-state index in [-0.39, 0.29) is 24.1 Å². The third-order valence-electron chi connectivity index (χ3n) is 4.69. The Morgan fingerprint density at radius 2 is 1.79 bits per heavy atom. The van der Waals surface area contributed by atoms with Gasteiger partial charge in [-0.15, -0.1) is 0 Å². The Morgan fingerprint density at radius 3 is 2.46 bits per heavy atom. The van der Waals surface area contributed by atoms with Gasteiger partial charge in [-0.1, -0.05) is 38.1 Å². The molecule has 1 atom stereocenters. The Balaban J connectivity index is 1.50. The summed E-state index contributed by atoms with van der Waals surface area (Å²) < 4.78 is 24.2. The second-order valence-corrected chi connectivity index (χ2v) is 6.74. The number of rotatable bonds is 8. The molecule has 0 aliphatic heterocycles. The van der Waals surface area contributed by atoms with Crippen LogP contribution in [0.15, 0.2) is 65.1 Å². The first-order chi connectivity index (χ1) is 13.5. The molecule has 4 nitrogen and oxygen atoms in total. The fourth-order valence-electron chi connectivity index (χ4n) is 2.73. The summed E-state index contributed by atoms with van der Waals surface area (Å²) in [5, 5.41) is 2.75. The molecule has 0 saturated carbocycles. The van der Waals surface area contributed by atoms with Crippen LogP contribution in [-0.4, -0.2) is 5.91 Å². The molecule has 1 amide bonds. The molecular formula is C23H24FNO3. The summed E-state index contributed by atoms with van der Waals surface area (Å²) >= 11 is 0. The number of nitrogens with one attached hydrogen (secondary N) is 1. The van der Waals surface area contributed by atoms with Crippen molar-refractivity contribution >= 4 is 5.91 Å². The van der Waals surface area contributed by atoms with Crippen LogP contribution in [0.25, 0.3) is 0 Å². The van der Waals surface area contributed by atoms with Crippen molar-refractivity contribution in [2.24, 2.45) is 0 Å². The zero-order valence-corrected chi connectivity index (χ0v) is 16.1. The largest absolute Gasteiger partial charge is 0.486 e. The number of hydrogen-bond donors (Lipinski definition) is 1. The van der Waals surface area contributed by atoms with Gasteiger partial charge in [-0.3, -0.25) is 4.79 Å². The molecule has 146 valence electrons. The van der Waals surface area contributed by atoms with E-state index in [1.54, 1.807) is 24.3 Å². The van der Waals surface area contributed by atoms with E-state index in [2.05, 4.69) is 31.3 Å². The highest BCUT2D eigenvalue weighted by Gasteiger charge is 2.11. The number of amides is 1. The molecule has 0 radical (unpaired) electrons. The fourth-order valence-corrected chi connectivity index (χ4v) is 2.73. The SMILES string of the molecule is CCC(C)c1ccc(OCc2ccc(C(=O)NCc3ccc(F)cc3)o2)cc1. The van der Waals surface area contributed by atoms with E-state index in [1.165, 1.54) is 17.7 Å². The van der Waals surface area contributed by atoms with E-state index in [4.69, 9.17) is 9.15 Å². The zero-order valence-electron chi connectivity index (χ0n) is 16.1. The van der Waals surface area contributed by atoms with Gasteiger partial charge in [-0.2, -0.15) is 0 Å². The summed E-state index contributed by atoms with van der Waals surface area (Å²) in [6.45, 7) is 4.91. The van der Waals surface area contributed by atoms with Crippen molar-refractivity contribution in [2.75, 3.05) is 0 Å². The van der Waals surface area contributed by atoms with E-state index in [9.17, 15) is 9.18 Å². The van der Waals surface area contributed by atoms with E-state index in [0.29, 0.717) is 18.2 Å². The normalized spacial score (nSPS) is 11.8. The van der Waals surface area contributed by atoms with Crippen LogP contribution in [0.4, 0.5) is 4.39 Å².